The van der Waals surface area contributed by atoms with Crippen LogP contribution >= 0.6 is 0 Å². The number of carbonyl (C=O) groups excluding carboxylic acids is 1. The minimum atomic E-state index is 0.241. The van der Waals surface area contributed by atoms with Gasteiger partial charge in [0, 0.05) is 46.0 Å². The minimum Gasteiger partial charge on any atom is -0.378 e. The topological polar surface area (TPSA) is 26.8 Å². The summed E-state index contributed by atoms with van der Waals surface area (Å²) < 4.78 is 0. The zero-order valence-electron chi connectivity index (χ0n) is 12.1. The number of amides is 1. The molecule has 1 aromatic carbocycles. The minimum absolute atomic E-state index is 0.241. The summed E-state index contributed by atoms with van der Waals surface area (Å²) in [4.78, 5) is 18.5. The summed E-state index contributed by atoms with van der Waals surface area (Å²) in [5.74, 6) is 0.241. The van der Waals surface area contributed by atoms with Crippen molar-refractivity contribution in [1.29, 1.82) is 0 Å². The number of piperazine rings is 1. The van der Waals surface area contributed by atoms with Gasteiger partial charge in [-0.1, -0.05) is 12.1 Å². The second kappa shape index (κ2) is 6.06. The molecule has 0 radical (unpaired) electrons. The summed E-state index contributed by atoms with van der Waals surface area (Å²) in [5, 5.41) is 0. The fourth-order valence-electron chi connectivity index (χ4n) is 2.25. The van der Waals surface area contributed by atoms with Crippen LogP contribution < -0.4 is 4.90 Å². The molecule has 0 saturated carbocycles. The molecule has 1 heterocycles. The molecule has 0 spiro atoms. The third-order valence-electron chi connectivity index (χ3n) is 3.66. The van der Waals surface area contributed by atoms with Crippen LogP contribution in [-0.2, 0) is 11.2 Å². The van der Waals surface area contributed by atoms with E-state index in [1.165, 1.54) is 0 Å². The number of benzene rings is 1. The lowest BCUT2D eigenvalue weighted by atomic mass is 10.1. The predicted molar refractivity (Wildman–Crippen MR) is 78.6 cm³/mol. The van der Waals surface area contributed by atoms with E-state index < -0.39 is 0 Å². The molecule has 0 aromatic heterocycles. The van der Waals surface area contributed by atoms with Crippen molar-refractivity contribution < 1.29 is 4.79 Å². The van der Waals surface area contributed by atoms with Gasteiger partial charge in [0.05, 0.1) is 6.42 Å². The molecule has 1 amide bonds. The molecular weight excluding hydrogens is 238 g/mol. The number of anilines is 1. The van der Waals surface area contributed by atoms with E-state index in [0.717, 1.165) is 37.4 Å². The second-order valence-electron chi connectivity index (χ2n) is 5.42. The van der Waals surface area contributed by atoms with Crippen molar-refractivity contribution in [1.82, 2.24) is 9.80 Å². The van der Waals surface area contributed by atoms with Gasteiger partial charge in [-0.05, 0) is 24.7 Å². The van der Waals surface area contributed by atoms with Crippen LogP contribution in [-0.4, -0.2) is 63.0 Å². The Hall–Kier alpha value is -1.55. The van der Waals surface area contributed by atoms with Crippen molar-refractivity contribution in [3.8, 4) is 0 Å². The number of rotatable bonds is 3. The van der Waals surface area contributed by atoms with Crippen molar-refractivity contribution in [2.75, 3.05) is 52.2 Å². The lowest BCUT2D eigenvalue weighted by molar-refractivity contribution is -0.132. The van der Waals surface area contributed by atoms with E-state index in [2.05, 4.69) is 29.0 Å². The highest BCUT2D eigenvalue weighted by Crippen LogP contribution is 2.13. The van der Waals surface area contributed by atoms with Crippen molar-refractivity contribution in [3.05, 3.63) is 29.8 Å². The van der Waals surface area contributed by atoms with Crippen molar-refractivity contribution in [3.63, 3.8) is 0 Å². The molecule has 19 heavy (non-hydrogen) atoms. The van der Waals surface area contributed by atoms with Gasteiger partial charge in [0.15, 0.2) is 0 Å². The second-order valence-corrected chi connectivity index (χ2v) is 5.42. The Kier molecular flexibility index (Phi) is 4.43. The Morgan fingerprint density at radius 1 is 1.11 bits per heavy atom. The van der Waals surface area contributed by atoms with E-state index in [0.29, 0.717) is 6.42 Å². The van der Waals surface area contributed by atoms with Crippen LogP contribution in [0.25, 0.3) is 0 Å². The van der Waals surface area contributed by atoms with Crippen molar-refractivity contribution in [2.24, 2.45) is 0 Å². The van der Waals surface area contributed by atoms with Crippen LogP contribution in [0.5, 0.6) is 0 Å². The van der Waals surface area contributed by atoms with E-state index in [4.69, 9.17) is 0 Å². The van der Waals surface area contributed by atoms with Gasteiger partial charge in [0.2, 0.25) is 5.91 Å². The third kappa shape index (κ3) is 3.70. The maximum absolute atomic E-state index is 12.2. The Balaban J connectivity index is 1.91. The average Bonchev–Trinajstić information content (AvgIpc) is 2.40. The zero-order chi connectivity index (χ0) is 13.8. The van der Waals surface area contributed by atoms with Crippen LogP contribution in [0, 0.1) is 0 Å². The molecule has 0 atom stereocenters. The maximum Gasteiger partial charge on any atom is 0.227 e. The first kappa shape index (κ1) is 13.9. The molecule has 2 rings (SSSR count). The zero-order valence-corrected chi connectivity index (χ0v) is 12.1. The first-order valence-electron chi connectivity index (χ1n) is 6.79. The summed E-state index contributed by atoms with van der Waals surface area (Å²) in [5.41, 5.74) is 2.25. The van der Waals surface area contributed by atoms with Crippen LogP contribution in [0.3, 0.4) is 0 Å². The van der Waals surface area contributed by atoms with Gasteiger partial charge < -0.3 is 14.7 Å². The lowest BCUT2D eigenvalue weighted by Gasteiger charge is -2.32. The maximum atomic E-state index is 12.2. The molecule has 0 bridgehead atoms. The number of hydrogen-bond donors (Lipinski definition) is 0. The standard InChI is InChI=1S/C15H23N3O/c1-16(2)14-6-4-13(5-7-14)12-15(19)18-10-8-17(3)9-11-18/h4-7H,8-12H2,1-3H3. The van der Waals surface area contributed by atoms with Crippen LogP contribution in [0.4, 0.5) is 5.69 Å². The van der Waals surface area contributed by atoms with Crippen LogP contribution in [0.15, 0.2) is 24.3 Å². The summed E-state index contributed by atoms with van der Waals surface area (Å²) in [6.45, 7) is 3.66. The molecule has 4 heteroatoms. The SMILES string of the molecule is CN1CCN(C(=O)Cc2ccc(N(C)C)cc2)CC1. The number of likely N-dealkylation sites (N-methyl/N-ethyl adjacent to an activating group) is 1. The highest BCUT2D eigenvalue weighted by molar-refractivity contribution is 5.79. The summed E-state index contributed by atoms with van der Waals surface area (Å²) in [6.07, 6.45) is 0.511. The quantitative estimate of drug-likeness (QED) is 0.814. The van der Waals surface area contributed by atoms with E-state index in [1.807, 2.05) is 31.1 Å². The smallest absolute Gasteiger partial charge is 0.227 e. The molecule has 4 nitrogen and oxygen atoms in total. The van der Waals surface area contributed by atoms with Gasteiger partial charge in [0.1, 0.15) is 0 Å². The Morgan fingerprint density at radius 3 is 2.21 bits per heavy atom. The van der Waals surface area contributed by atoms with E-state index in [-0.39, 0.29) is 5.91 Å². The van der Waals surface area contributed by atoms with E-state index in [1.54, 1.807) is 0 Å². The Bertz CT molecular complexity index is 420. The number of nitrogens with zero attached hydrogens (tertiary/aromatic N) is 3. The molecule has 1 fully saturated rings. The normalized spacial score (nSPS) is 16.5. The summed E-state index contributed by atoms with van der Waals surface area (Å²) in [7, 11) is 6.14. The molecule has 104 valence electrons. The summed E-state index contributed by atoms with van der Waals surface area (Å²) in [6, 6.07) is 8.21. The van der Waals surface area contributed by atoms with Gasteiger partial charge in [-0.25, -0.2) is 0 Å². The highest BCUT2D eigenvalue weighted by atomic mass is 16.2. The Morgan fingerprint density at radius 2 is 1.68 bits per heavy atom. The molecule has 0 N–H and O–H groups in total. The highest BCUT2D eigenvalue weighted by Gasteiger charge is 2.18. The monoisotopic (exact) mass is 261 g/mol. The fraction of sp³-hybridized carbons (Fsp3) is 0.533. The van der Waals surface area contributed by atoms with Gasteiger partial charge >= 0.3 is 0 Å². The van der Waals surface area contributed by atoms with E-state index in [9.17, 15) is 4.79 Å². The van der Waals surface area contributed by atoms with Gasteiger partial charge in [0.25, 0.3) is 0 Å². The Labute approximate surface area is 115 Å². The predicted octanol–water partition coefficient (Wildman–Crippen LogP) is 1.07. The lowest BCUT2D eigenvalue weighted by Crippen LogP contribution is -2.47. The number of hydrogen-bond acceptors (Lipinski definition) is 3. The summed E-state index contributed by atoms with van der Waals surface area (Å²) >= 11 is 0. The molecular formula is C15H23N3O. The third-order valence-corrected chi connectivity index (χ3v) is 3.66. The molecule has 1 aromatic rings. The van der Waals surface area contributed by atoms with Gasteiger partial charge in [-0.15, -0.1) is 0 Å². The van der Waals surface area contributed by atoms with Crippen LogP contribution in [0.2, 0.25) is 0 Å². The molecule has 1 saturated heterocycles. The van der Waals surface area contributed by atoms with Gasteiger partial charge in [-0.2, -0.15) is 0 Å². The number of carbonyl (C=O) groups is 1. The van der Waals surface area contributed by atoms with E-state index >= 15 is 0 Å². The molecule has 1 aliphatic rings. The van der Waals surface area contributed by atoms with Crippen molar-refractivity contribution >= 4 is 11.6 Å². The molecule has 0 aliphatic carbocycles. The van der Waals surface area contributed by atoms with Crippen molar-refractivity contribution in [2.45, 2.75) is 6.42 Å². The first-order chi connectivity index (χ1) is 9.06. The molecule has 1 aliphatic heterocycles. The average molecular weight is 261 g/mol. The van der Waals surface area contributed by atoms with Gasteiger partial charge in [-0.3, -0.25) is 4.79 Å². The molecule has 0 unspecified atom stereocenters. The van der Waals surface area contributed by atoms with Crippen LogP contribution in [0.1, 0.15) is 5.56 Å². The largest absolute Gasteiger partial charge is 0.378 e. The first-order valence-corrected chi connectivity index (χ1v) is 6.79. The fourth-order valence-corrected chi connectivity index (χ4v) is 2.25.